The molecule has 0 aliphatic heterocycles. The first-order valence-electron chi connectivity index (χ1n) is 7.78. The lowest BCUT2D eigenvalue weighted by molar-refractivity contribution is 0.475. The molecule has 116 valence electrons. The minimum Gasteiger partial charge on any atom is -0.508 e. The number of rotatable bonds is 2. The van der Waals surface area contributed by atoms with Gasteiger partial charge in [-0.05, 0) is 63.0 Å². The summed E-state index contributed by atoms with van der Waals surface area (Å²) in [7, 11) is 0. The van der Waals surface area contributed by atoms with E-state index in [0.717, 1.165) is 15.6 Å². The molecule has 0 fully saturated rings. The van der Waals surface area contributed by atoms with Gasteiger partial charge in [0.15, 0.2) is 0 Å². The zero-order valence-corrected chi connectivity index (χ0v) is 14.5. The van der Waals surface area contributed by atoms with Crippen LogP contribution in [0.25, 0.3) is 33.7 Å². The van der Waals surface area contributed by atoms with E-state index < -0.39 is 0 Å². The Morgan fingerprint density at radius 1 is 0.625 bits per heavy atom. The van der Waals surface area contributed by atoms with Crippen LogP contribution >= 0.6 is 15.9 Å². The van der Waals surface area contributed by atoms with Gasteiger partial charge in [0.25, 0.3) is 0 Å². The smallest absolute Gasteiger partial charge is 0.115 e. The van der Waals surface area contributed by atoms with E-state index in [1.165, 1.54) is 21.5 Å². The SMILES string of the molecule is Oc1ccc(/C=C/c2ccc3ccc4ccc(Br)cc4c3c2)cc1. The van der Waals surface area contributed by atoms with Crippen molar-refractivity contribution in [3.05, 3.63) is 88.4 Å². The number of aromatic hydroxyl groups is 1. The zero-order chi connectivity index (χ0) is 16.5. The van der Waals surface area contributed by atoms with Crippen molar-refractivity contribution in [1.29, 1.82) is 0 Å². The van der Waals surface area contributed by atoms with Gasteiger partial charge in [0.1, 0.15) is 5.75 Å². The van der Waals surface area contributed by atoms with Gasteiger partial charge in [0.05, 0.1) is 0 Å². The lowest BCUT2D eigenvalue weighted by Crippen LogP contribution is -1.80. The van der Waals surface area contributed by atoms with Crippen LogP contribution in [0, 0.1) is 0 Å². The number of hydrogen-bond donors (Lipinski definition) is 1. The first-order valence-corrected chi connectivity index (χ1v) is 8.57. The molecule has 4 aromatic carbocycles. The predicted molar refractivity (Wildman–Crippen MR) is 106 cm³/mol. The molecule has 0 radical (unpaired) electrons. The summed E-state index contributed by atoms with van der Waals surface area (Å²) in [6.45, 7) is 0. The molecule has 0 saturated carbocycles. The van der Waals surface area contributed by atoms with Crippen molar-refractivity contribution >= 4 is 49.6 Å². The van der Waals surface area contributed by atoms with Gasteiger partial charge in [-0.25, -0.2) is 0 Å². The van der Waals surface area contributed by atoms with Crippen molar-refractivity contribution in [2.45, 2.75) is 0 Å². The lowest BCUT2D eigenvalue weighted by Gasteiger charge is -2.06. The van der Waals surface area contributed by atoms with Gasteiger partial charge in [-0.2, -0.15) is 0 Å². The third kappa shape index (κ3) is 2.93. The Morgan fingerprint density at radius 2 is 1.17 bits per heavy atom. The van der Waals surface area contributed by atoms with Crippen molar-refractivity contribution in [2.75, 3.05) is 0 Å². The Bertz CT molecular complexity index is 1060. The van der Waals surface area contributed by atoms with Gasteiger partial charge >= 0.3 is 0 Å². The number of fused-ring (bicyclic) bond motifs is 3. The van der Waals surface area contributed by atoms with Crippen LogP contribution in [0.5, 0.6) is 5.75 Å². The number of halogens is 1. The average molecular weight is 375 g/mol. The van der Waals surface area contributed by atoms with Crippen molar-refractivity contribution < 1.29 is 5.11 Å². The molecule has 0 bridgehead atoms. The molecule has 2 heteroatoms. The fraction of sp³-hybridized carbons (Fsp3) is 0. The quantitative estimate of drug-likeness (QED) is 0.308. The third-order valence-corrected chi connectivity index (χ3v) is 4.68. The summed E-state index contributed by atoms with van der Waals surface area (Å²) < 4.78 is 1.09. The molecule has 0 aliphatic carbocycles. The first kappa shape index (κ1) is 15.0. The summed E-state index contributed by atoms with van der Waals surface area (Å²) in [5.74, 6) is 0.287. The number of benzene rings is 4. The molecule has 24 heavy (non-hydrogen) atoms. The van der Waals surface area contributed by atoms with Gasteiger partial charge in [-0.15, -0.1) is 0 Å². The molecule has 0 atom stereocenters. The van der Waals surface area contributed by atoms with Gasteiger partial charge in [0, 0.05) is 4.47 Å². The van der Waals surface area contributed by atoms with Crippen molar-refractivity contribution in [2.24, 2.45) is 0 Å². The fourth-order valence-corrected chi connectivity index (χ4v) is 3.28. The molecular weight excluding hydrogens is 360 g/mol. The maximum atomic E-state index is 9.36. The standard InChI is InChI=1S/C22H15BrO/c23-19-10-9-18-8-7-17-6-3-16(13-21(17)22(18)14-19)2-1-15-4-11-20(24)12-5-15/h1-14,24H/b2-1+. The number of hydrogen-bond acceptors (Lipinski definition) is 1. The first-order chi connectivity index (χ1) is 11.7. The van der Waals surface area contributed by atoms with Gasteiger partial charge in [-0.1, -0.05) is 70.5 Å². The second kappa shape index (κ2) is 6.14. The second-order valence-corrected chi connectivity index (χ2v) is 6.75. The van der Waals surface area contributed by atoms with Crippen LogP contribution in [0.2, 0.25) is 0 Å². The van der Waals surface area contributed by atoms with Crippen LogP contribution < -0.4 is 0 Å². The van der Waals surface area contributed by atoms with Crippen molar-refractivity contribution in [3.63, 3.8) is 0 Å². The van der Waals surface area contributed by atoms with Gasteiger partial charge in [0.2, 0.25) is 0 Å². The monoisotopic (exact) mass is 374 g/mol. The molecule has 1 nitrogen and oxygen atoms in total. The van der Waals surface area contributed by atoms with Gasteiger partial charge < -0.3 is 5.11 Å². The Labute approximate surface area is 149 Å². The van der Waals surface area contributed by atoms with Gasteiger partial charge in [-0.3, -0.25) is 0 Å². The summed E-state index contributed by atoms with van der Waals surface area (Å²) in [5.41, 5.74) is 2.22. The maximum Gasteiger partial charge on any atom is 0.115 e. The molecule has 0 spiro atoms. The van der Waals surface area contributed by atoms with Crippen molar-refractivity contribution in [1.82, 2.24) is 0 Å². The van der Waals surface area contributed by atoms with Crippen LogP contribution in [-0.4, -0.2) is 5.11 Å². The Morgan fingerprint density at radius 3 is 1.92 bits per heavy atom. The van der Waals surface area contributed by atoms with E-state index in [9.17, 15) is 5.11 Å². The van der Waals surface area contributed by atoms with E-state index in [2.05, 4.69) is 76.6 Å². The molecule has 0 saturated heterocycles. The molecule has 0 heterocycles. The van der Waals surface area contributed by atoms with Crippen LogP contribution in [0.1, 0.15) is 11.1 Å². The Hall–Kier alpha value is -2.58. The molecule has 0 aromatic heterocycles. The summed E-state index contributed by atoms with van der Waals surface area (Å²) in [6.07, 6.45) is 4.16. The van der Waals surface area contributed by atoms with E-state index in [4.69, 9.17) is 0 Å². The van der Waals surface area contributed by atoms with E-state index >= 15 is 0 Å². The predicted octanol–water partition coefficient (Wildman–Crippen LogP) is 6.63. The normalized spacial score (nSPS) is 11.5. The second-order valence-electron chi connectivity index (χ2n) is 5.84. The van der Waals surface area contributed by atoms with E-state index in [0.29, 0.717) is 0 Å². The summed E-state index contributed by atoms with van der Waals surface area (Å²) in [5, 5.41) is 14.3. The van der Waals surface area contributed by atoms with Crippen LogP contribution in [0.4, 0.5) is 0 Å². The molecule has 0 aliphatic rings. The lowest BCUT2D eigenvalue weighted by atomic mass is 9.99. The largest absolute Gasteiger partial charge is 0.508 e. The highest BCUT2D eigenvalue weighted by Crippen LogP contribution is 2.29. The maximum absolute atomic E-state index is 9.36. The third-order valence-electron chi connectivity index (χ3n) is 4.19. The minimum atomic E-state index is 0.287. The number of phenols is 1. The highest BCUT2D eigenvalue weighted by molar-refractivity contribution is 9.10. The summed E-state index contributed by atoms with van der Waals surface area (Å²) in [4.78, 5) is 0. The molecule has 0 amide bonds. The van der Waals surface area contributed by atoms with Crippen LogP contribution in [-0.2, 0) is 0 Å². The molecular formula is C22H15BrO. The van der Waals surface area contributed by atoms with Crippen LogP contribution in [0.15, 0.2) is 77.3 Å². The fourth-order valence-electron chi connectivity index (χ4n) is 2.92. The van der Waals surface area contributed by atoms with E-state index in [1.807, 2.05) is 12.1 Å². The highest BCUT2D eigenvalue weighted by Gasteiger charge is 2.02. The summed E-state index contributed by atoms with van der Waals surface area (Å²) in [6, 6.07) is 24.4. The Balaban J connectivity index is 1.80. The summed E-state index contributed by atoms with van der Waals surface area (Å²) >= 11 is 3.57. The zero-order valence-electron chi connectivity index (χ0n) is 12.9. The van der Waals surface area contributed by atoms with E-state index in [1.54, 1.807) is 12.1 Å². The topological polar surface area (TPSA) is 20.2 Å². The molecule has 0 unspecified atom stereocenters. The Kier molecular flexibility index (Phi) is 3.83. The average Bonchev–Trinajstić information content (AvgIpc) is 2.61. The number of phenolic OH excluding ortho intramolecular Hbond substituents is 1. The molecule has 4 rings (SSSR count). The highest BCUT2D eigenvalue weighted by atomic mass is 79.9. The molecule has 1 N–H and O–H groups in total. The van der Waals surface area contributed by atoms with Crippen LogP contribution in [0.3, 0.4) is 0 Å². The van der Waals surface area contributed by atoms with Crippen molar-refractivity contribution in [3.8, 4) is 5.75 Å². The molecule has 4 aromatic rings. The van der Waals surface area contributed by atoms with E-state index in [-0.39, 0.29) is 5.75 Å². The minimum absolute atomic E-state index is 0.287.